The highest BCUT2D eigenvalue weighted by Gasteiger charge is 2.17. The average molecular weight is 555 g/mol. The van der Waals surface area contributed by atoms with E-state index in [4.69, 9.17) is 4.74 Å². The van der Waals surface area contributed by atoms with E-state index in [1.165, 1.54) is 6.07 Å². The summed E-state index contributed by atoms with van der Waals surface area (Å²) in [6.45, 7) is -0.450. The first-order valence-corrected chi connectivity index (χ1v) is 8.94. The summed E-state index contributed by atoms with van der Waals surface area (Å²) in [6, 6.07) is 10.2. The van der Waals surface area contributed by atoms with Gasteiger partial charge in [0.25, 0.3) is 5.91 Å². The van der Waals surface area contributed by atoms with Gasteiger partial charge in [0.2, 0.25) is 0 Å². The van der Waals surface area contributed by atoms with E-state index in [2.05, 4.69) is 59.8 Å². The Hall–Kier alpha value is -1.13. The van der Waals surface area contributed by atoms with Gasteiger partial charge in [-0.05, 0) is 74.9 Å². The quantitative estimate of drug-likeness (QED) is 0.436. The Labute approximate surface area is 162 Å². The lowest BCUT2D eigenvalue weighted by Crippen LogP contribution is -2.21. The van der Waals surface area contributed by atoms with Crippen molar-refractivity contribution in [3.63, 3.8) is 0 Å². The molecule has 0 atom stereocenters. The number of ether oxygens (including phenoxy) is 1. The number of hydrogen-bond acceptors (Lipinski definition) is 4. The zero-order chi connectivity index (χ0) is 17.0. The first kappa shape index (κ1) is 18.2. The molecule has 0 aliphatic heterocycles. The van der Waals surface area contributed by atoms with Gasteiger partial charge in [-0.15, -0.1) is 0 Å². The van der Waals surface area contributed by atoms with Gasteiger partial charge in [-0.2, -0.15) is 0 Å². The molecule has 1 amide bonds. The van der Waals surface area contributed by atoms with E-state index >= 15 is 0 Å². The van der Waals surface area contributed by atoms with Crippen LogP contribution in [0.4, 0.5) is 5.69 Å². The molecular weight excluding hydrogens is 545 g/mol. The molecule has 8 heteroatoms. The Bertz CT molecular complexity index is 750. The fourth-order valence-corrected chi connectivity index (χ4v) is 3.25. The van der Waals surface area contributed by atoms with Crippen molar-refractivity contribution in [2.75, 3.05) is 11.9 Å². The number of esters is 1. The van der Waals surface area contributed by atoms with Crippen molar-refractivity contribution >= 4 is 72.0 Å². The lowest BCUT2D eigenvalue weighted by atomic mass is 10.2. The molecular formula is C15H10Br2INO4. The summed E-state index contributed by atoms with van der Waals surface area (Å²) in [5, 5.41) is 12.5. The van der Waals surface area contributed by atoms with E-state index in [0.29, 0.717) is 14.6 Å². The minimum atomic E-state index is -0.790. The predicted octanol–water partition coefficient (Wildman–Crippen LogP) is 4.32. The average Bonchev–Trinajstić information content (AvgIpc) is 2.50. The minimum Gasteiger partial charge on any atom is -0.506 e. The number of aromatic hydroxyl groups is 1. The number of nitrogens with one attached hydrogen (secondary N) is 1. The molecule has 0 saturated carbocycles. The number of halogens is 3. The third kappa shape index (κ3) is 5.18. The second-order valence-corrected chi connectivity index (χ2v) is 7.43. The Morgan fingerprint density at radius 1 is 1.17 bits per heavy atom. The van der Waals surface area contributed by atoms with E-state index in [1.54, 1.807) is 18.2 Å². The maximum atomic E-state index is 12.0. The third-order valence-corrected chi connectivity index (χ3v) is 4.49. The topological polar surface area (TPSA) is 75.6 Å². The van der Waals surface area contributed by atoms with Crippen molar-refractivity contribution in [1.29, 1.82) is 0 Å². The van der Waals surface area contributed by atoms with Gasteiger partial charge in [0.05, 0.1) is 4.47 Å². The van der Waals surface area contributed by atoms with Crippen LogP contribution in [0.3, 0.4) is 0 Å². The van der Waals surface area contributed by atoms with E-state index in [1.807, 2.05) is 12.1 Å². The van der Waals surface area contributed by atoms with Crippen molar-refractivity contribution in [3.05, 3.63) is 54.5 Å². The largest absolute Gasteiger partial charge is 0.506 e. The number of carbonyl (C=O) groups excluding carboxylic acids is 2. The van der Waals surface area contributed by atoms with Crippen LogP contribution in [0.25, 0.3) is 0 Å². The van der Waals surface area contributed by atoms with Crippen LogP contribution < -0.4 is 5.32 Å². The molecule has 0 aliphatic carbocycles. The SMILES string of the molecule is O=C(COC(=O)c1cc(Br)cc(Br)c1O)Nc1ccc(I)cc1. The molecule has 0 heterocycles. The molecule has 5 nitrogen and oxygen atoms in total. The fourth-order valence-electron chi connectivity index (χ4n) is 1.66. The van der Waals surface area contributed by atoms with E-state index < -0.39 is 18.5 Å². The lowest BCUT2D eigenvalue weighted by Gasteiger charge is -2.09. The zero-order valence-corrected chi connectivity index (χ0v) is 16.8. The second-order valence-electron chi connectivity index (χ2n) is 4.41. The van der Waals surface area contributed by atoms with Crippen LogP contribution in [0.15, 0.2) is 45.3 Å². The Morgan fingerprint density at radius 2 is 1.83 bits per heavy atom. The number of hydrogen-bond donors (Lipinski definition) is 2. The number of benzene rings is 2. The molecule has 2 aromatic rings. The molecule has 0 fully saturated rings. The highest BCUT2D eigenvalue weighted by atomic mass is 127. The number of anilines is 1. The van der Waals surface area contributed by atoms with Crippen molar-refractivity contribution in [2.24, 2.45) is 0 Å². The van der Waals surface area contributed by atoms with Crippen LogP contribution in [-0.4, -0.2) is 23.6 Å². The molecule has 0 aliphatic rings. The number of amides is 1. The van der Waals surface area contributed by atoms with E-state index in [-0.39, 0.29) is 11.3 Å². The number of carbonyl (C=O) groups is 2. The Kier molecular flexibility index (Phi) is 6.42. The van der Waals surface area contributed by atoms with Crippen LogP contribution in [0.5, 0.6) is 5.75 Å². The summed E-state index contributed by atoms with van der Waals surface area (Å²) >= 11 is 8.50. The second kappa shape index (κ2) is 8.11. The molecule has 0 radical (unpaired) electrons. The zero-order valence-electron chi connectivity index (χ0n) is 11.5. The summed E-state index contributed by atoms with van der Waals surface area (Å²) in [5.74, 6) is -1.49. The normalized spacial score (nSPS) is 10.2. The standard InChI is InChI=1S/C15H10Br2INO4/c16-8-5-11(14(21)12(17)6-8)15(22)23-7-13(20)19-10-3-1-9(18)2-4-10/h1-6,21H,7H2,(H,19,20). The molecule has 120 valence electrons. The molecule has 0 spiro atoms. The smallest absolute Gasteiger partial charge is 0.342 e. The molecule has 0 bridgehead atoms. The van der Waals surface area contributed by atoms with Crippen LogP contribution in [-0.2, 0) is 9.53 Å². The van der Waals surface area contributed by atoms with Gasteiger partial charge in [0.15, 0.2) is 6.61 Å². The summed E-state index contributed by atoms with van der Waals surface area (Å²) in [7, 11) is 0. The van der Waals surface area contributed by atoms with Gasteiger partial charge in [-0.1, -0.05) is 15.9 Å². The van der Waals surface area contributed by atoms with Crippen molar-refractivity contribution in [3.8, 4) is 5.75 Å². The minimum absolute atomic E-state index is 0.0340. The highest BCUT2D eigenvalue weighted by Crippen LogP contribution is 2.32. The van der Waals surface area contributed by atoms with Crippen LogP contribution in [0.2, 0.25) is 0 Å². The van der Waals surface area contributed by atoms with Gasteiger partial charge >= 0.3 is 5.97 Å². The first-order chi connectivity index (χ1) is 10.9. The van der Waals surface area contributed by atoms with Crippen LogP contribution in [0.1, 0.15) is 10.4 Å². The summed E-state index contributed by atoms with van der Waals surface area (Å²) < 4.78 is 6.91. The summed E-state index contributed by atoms with van der Waals surface area (Å²) in [5.41, 5.74) is 0.577. The van der Waals surface area contributed by atoms with Gasteiger partial charge in [0.1, 0.15) is 11.3 Å². The number of phenols is 1. The van der Waals surface area contributed by atoms with Crippen molar-refractivity contribution in [2.45, 2.75) is 0 Å². The molecule has 0 unspecified atom stereocenters. The highest BCUT2D eigenvalue weighted by molar-refractivity contribution is 14.1. The number of rotatable bonds is 4. The lowest BCUT2D eigenvalue weighted by molar-refractivity contribution is -0.119. The molecule has 0 aromatic heterocycles. The Morgan fingerprint density at radius 3 is 2.48 bits per heavy atom. The molecule has 2 rings (SSSR count). The first-order valence-electron chi connectivity index (χ1n) is 6.27. The molecule has 2 N–H and O–H groups in total. The maximum absolute atomic E-state index is 12.0. The van der Waals surface area contributed by atoms with Gasteiger partial charge < -0.3 is 15.2 Å². The third-order valence-electron chi connectivity index (χ3n) is 2.71. The molecule has 23 heavy (non-hydrogen) atoms. The van der Waals surface area contributed by atoms with Crippen LogP contribution in [0, 0.1) is 3.57 Å². The summed E-state index contributed by atoms with van der Waals surface area (Å²) in [4.78, 5) is 23.7. The monoisotopic (exact) mass is 553 g/mol. The van der Waals surface area contributed by atoms with Crippen LogP contribution >= 0.6 is 54.5 Å². The van der Waals surface area contributed by atoms with E-state index in [9.17, 15) is 14.7 Å². The summed E-state index contributed by atoms with van der Waals surface area (Å²) in [6.07, 6.45) is 0. The van der Waals surface area contributed by atoms with E-state index in [0.717, 1.165) is 3.57 Å². The molecule has 2 aromatic carbocycles. The fraction of sp³-hybridized carbons (Fsp3) is 0.0667. The van der Waals surface area contributed by atoms with Gasteiger partial charge in [0, 0.05) is 13.7 Å². The van der Waals surface area contributed by atoms with Crippen molar-refractivity contribution in [1.82, 2.24) is 0 Å². The van der Waals surface area contributed by atoms with Gasteiger partial charge in [-0.3, -0.25) is 4.79 Å². The number of phenolic OH excluding ortho intramolecular Hbond substituents is 1. The van der Waals surface area contributed by atoms with Gasteiger partial charge in [-0.25, -0.2) is 4.79 Å². The predicted molar refractivity (Wildman–Crippen MR) is 102 cm³/mol. The van der Waals surface area contributed by atoms with Crippen molar-refractivity contribution < 1.29 is 19.4 Å². The molecule has 0 saturated heterocycles. The maximum Gasteiger partial charge on any atom is 0.342 e. The Balaban J connectivity index is 1.96.